The monoisotopic (exact) mass is 268 g/mol. The van der Waals surface area contributed by atoms with Crippen molar-refractivity contribution in [3.05, 3.63) is 72.5 Å². The summed E-state index contributed by atoms with van der Waals surface area (Å²) >= 11 is 0. The third kappa shape index (κ3) is 4.70. The van der Waals surface area contributed by atoms with Crippen LogP contribution >= 0.6 is 0 Å². The molecule has 0 aliphatic carbocycles. The first-order valence-electron chi connectivity index (χ1n) is 7.11. The van der Waals surface area contributed by atoms with Crippen LogP contribution in [0.3, 0.4) is 0 Å². The Bertz CT molecular complexity index is 480. The second-order valence-electron chi connectivity index (χ2n) is 4.95. The van der Waals surface area contributed by atoms with E-state index in [-0.39, 0.29) is 0 Å². The minimum Gasteiger partial charge on any atom is -0.384 e. The Balaban J connectivity index is 3.16. The Morgan fingerprint density at radius 3 is 2.30 bits per heavy atom. The van der Waals surface area contributed by atoms with Crippen molar-refractivity contribution in [1.29, 1.82) is 0 Å². The van der Waals surface area contributed by atoms with E-state index < -0.39 is 5.60 Å². The number of hydrogen-bond donors (Lipinski definition) is 1. The first kappa shape index (κ1) is 16.2. The molecule has 0 atom stereocenters. The van der Waals surface area contributed by atoms with Gasteiger partial charge in [-0.1, -0.05) is 55.8 Å². The molecule has 20 heavy (non-hydrogen) atoms. The van der Waals surface area contributed by atoms with E-state index in [9.17, 15) is 5.11 Å². The van der Waals surface area contributed by atoms with Crippen molar-refractivity contribution in [2.24, 2.45) is 0 Å². The molecule has 1 heteroatoms. The fraction of sp³-hybridized carbons (Fsp3) is 0.316. The first-order valence-corrected chi connectivity index (χ1v) is 7.11. The molecular weight excluding hydrogens is 244 g/mol. The quantitative estimate of drug-likeness (QED) is 0.524. The van der Waals surface area contributed by atoms with Crippen LogP contribution in [0.1, 0.15) is 38.2 Å². The number of hydrogen-bond acceptors (Lipinski definition) is 1. The van der Waals surface area contributed by atoms with Gasteiger partial charge in [0, 0.05) is 5.57 Å². The van der Waals surface area contributed by atoms with Gasteiger partial charge in [0.15, 0.2) is 0 Å². The van der Waals surface area contributed by atoms with Crippen molar-refractivity contribution in [1.82, 2.24) is 0 Å². The van der Waals surface area contributed by atoms with Gasteiger partial charge in [0.25, 0.3) is 0 Å². The average molecular weight is 268 g/mol. The second-order valence-corrected chi connectivity index (χ2v) is 4.95. The van der Waals surface area contributed by atoms with Crippen LogP contribution in [0.2, 0.25) is 0 Å². The van der Waals surface area contributed by atoms with Crippen LogP contribution in [0.25, 0.3) is 6.08 Å². The molecule has 106 valence electrons. The number of rotatable bonds is 8. The van der Waals surface area contributed by atoms with E-state index in [1.54, 1.807) is 12.2 Å². The lowest BCUT2D eigenvalue weighted by Crippen LogP contribution is -2.29. The Hall–Kier alpha value is -1.82. The SMILES string of the molecule is C=CCC(O)(CC=C)C(=C=Cc1ccccc1)CCC. The minimum absolute atomic E-state index is 0.518. The molecule has 1 rings (SSSR count). The maximum absolute atomic E-state index is 10.8. The van der Waals surface area contributed by atoms with Crippen LogP contribution in [0, 0.1) is 0 Å². The molecule has 0 amide bonds. The van der Waals surface area contributed by atoms with Crippen molar-refractivity contribution < 1.29 is 5.11 Å². The minimum atomic E-state index is -0.912. The summed E-state index contributed by atoms with van der Waals surface area (Å²) in [5.41, 5.74) is 4.39. The molecule has 1 nitrogen and oxygen atoms in total. The Morgan fingerprint density at radius 1 is 1.20 bits per heavy atom. The molecule has 0 fully saturated rings. The molecule has 0 aromatic heterocycles. The van der Waals surface area contributed by atoms with E-state index in [4.69, 9.17) is 0 Å². The highest BCUT2D eigenvalue weighted by Gasteiger charge is 2.28. The fourth-order valence-electron chi connectivity index (χ4n) is 2.22. The predicted molar refractivity (Wildman–Crippen MR) is 87.4 cm³/mol. The van der Waals surface area contributed by atoms with Gasteiger partial charge in [0.05, 0.1) is 5.60 Å². The lowest BCUT2D eigenvalue weighted by Gasteiger charge is -2.27. The third-order valence-corrected chi connectivity index (χ3v) is 3.24. The molecule has 0 radical (unpaired) electrons. The Kier molecular flexibility index (Phi) is 6.79. The molecular formula is C19H24O. The Morgan fingerprint density at radius 2 is 1.80 bits per heavy atom. The van der Waals surface area contributed by atoms with Crippen molar-refractivity contribution in [3.8, 4) is 0 Å². The second kappa shape index (κ2) is 8.37. The highest BCUT2D eigenvalue weighted by molar-refractivity contribution is 5.49. The molecule has 0 aliphatic rings. The Labute approximate surface area is 122 Å². The van der Waals surface area contributed by atoms with Crippen molar-refractivity contribution in [3.63, 3.8) is 0 Å². The van der Waals surface area contributed by atoms with Crippen LogP contribution in [-0.4, -0.2) is 10.7 Å². The van der Waals surface area contributed by atoms with E-state index in [0.29, 0.717) is 12.8 Å². The summed E-state index contributed by atoms with van der Waals surface area (Å²) < 4.78 is 0. The van der Waals surface area contributed by atoms with Gasteiger partial charge in [-0.15, -0.1) is 18.9 Å². The summed E-state index contributed by atoms with van der Waals surface area (Å²) in [4.78, 5) is 0. The van der Waals surface area contributed by atoms with Crippen LogP contribution < -0.4 is 0 Å². The lowest BCUT2D eigenvalue weighted by molar-refractivity contribution is 0.0813. The molecule has 1 N–H and O–H groups in total. The van der Waals surface area contributed by atoms with Crippen LogP contribution in [0.5, 0.6) is 0 Å². The summed E-state index contributed by atoms with van der Waals surface area (Å²) in [6, 6.07) is 10.0. The van der Waals surface area contributed by atoms with Gasteiger partial charge in [-0.05, 0) is 30.9 Å². The van der Waals surface area contributed by atoms with E-state index in [0.717, 1.165) is 24.0 Å². The van der Waals surface area contributed by atoms with E-state index in [2.05, 4.69) is 25.8 Å². The highest BCUT2D eigenvalue weighted by atomic mass is 16.3. The van der Waals surface area contributed by atoms with Gasteiger partial charge in [-0.2, -0.15) is 0 Å². The number of aliphatic hydroxyl groups is 1. The summed E-state index contributed by atoms with van der Waals surface area (Å²) in [6.45, 7) is 9.59. The maximum Gasteiger partial charge on any atom is 0.0998 e. The number of benzene rings is 1. The first-order chi connectivity index (χ1) is 9.66. The average Bonchev–Trinajstić information content (AvgIpc) is 2.45. The molecule has 0 aliphatic heterocycles. The summed E-state index contributed by atoms with van der Waals surface area (Å²) in [5.74, 6) is 0. The van der Waals surface area contributed by atoms with Gasteiger partial charge in [0.1, 0.15) is 0 Å². The van der Waals surface area contributed by atoms with Gasteiger partial charge >= 0.3 is 0 Å². The summed E-state index contributed by atoms with van der Waals surface area (Å²) in [6.07, 6.45) is 8.27. The zero-order valence-electron chi connectivity index (χ0n) is 12.3. The zero-order valence-corrected chi connectivity index (χ0v) is 12.3. The lowest BCUT2D eigenvalue weighted by atomic mass is 9.85. The maximum atomic E-state index is 10.8. The van der Waals surface area contributed by atoms with E-state index in [1.165, 1.54) is 0 Å². The van der Waals surface area contributed by atoms with Gasteiger partial charge in [-0.25, -0.2) is 0 Å². The third-order valence-electron chi connectivity index (χ3n) is 3.24. The normalized spacial score (nSPS) is 10.5. The standard InChI is InChI=1S/C19H24O/c1-4-10-18(19(20,15-5-2)16-6-3)14-13-17-11-8-7-9-12-17/h5-9,11-13,20H,2-4,10,15-16H2,1H3. The molecule has 1 aromatic carbocycles. The zero-order chi connectivity index (χ0) is 14.8. The molecule has 1 aromatic rings. The van der Waals surface area contributed by atoms with Gasteiger partial charge < -0.3 is 5.11 Å². The summed E-state index contributed by atoms with van der Waals surface area (Å²) in [5, 5.41) is 10.8. The van der Waals surface area contributed by atoms with Crippen molar-refractivity contribution >= 4 is 6.08 Å². The van der Waals surface area contributed by atoms with Gasteiger partial charge in [0.2, 0.25) is 0 Å². The van der Waals surface area contributed by atoms with Crippen molar-refractivity contribution in [2.75, 3.05) is 0 Å². The smallest absolute Gasteiger partial charge is 0.0998 e. The van der Waals surface area contributed by atoms with E-state index in [1.807, 2.05) is 36.4 Å². The van der Waals surface area contributed by atoms with Crippen LogP contribution in [0.15, 0.2) is 66.9 Å². The molecule has 0 saturated carbocycles. The summed E-state index contributed by atoms with van der Waals surface area (Å²) in [7, 11) is 0. The highest BCUT2D eigenvalue weighted by Crippen LogP contribution is 2.29. The fourth-order valence-corrected chi connectivity index (χ4v) is 2.22. The topological polar surface area (TPSA) is 20.2 Å². The van der Waals surface area contributed by atoms with Crippen LogP contribution in [-0.2, 0) is 0 Å². The van der Waals surface area contributed by atoms with Crippen molar-refractivity contribution in [2.45, 2.75) is 38.2 Å². The van der Waals surface area contributed by atoms with E-state index >= 15 is 0 Å². The largest absolute Gasteiger partial charge is 0.384 e. The molecule has 0 saturated heterocycles. The van der Waals surface area contributed by atoms with Gasteiger partial charge in [-0.3, -0.25) is 0 Å². The molecule has 0 bridgehead atoms. The molecule has 0 unspecified atom stereocenters. The van der Waals surface area contributed by atoms with Crippen LogP contribution in [0.4, 0.5) is 0 Å². The predicted octanol–water partition coefficient (Wildman–Crippen LogP) is 4.91. The molecule has 0 spiro atoms. The molecule has 0 heterocycles.